The molecule has 4 heterocycles. The molecule has 0 unspecified atom stereocenters. The molecule has 10 heteroatoms. The van der Waals surface area contributed by atoms with Gasteiger partial charge in [-0.3, -0.25) is 0 Å². The predicted molar refractivity (Wildman–Crippen MR) is 98.9 cm³/mol. The van der Waals surface area contributed by atoms with E-state index in [-0.39, 0.29) is 17.0 Å². The number of nitrogens with zero attached hydrogens (tertiary/aromatic N) is 7. The molecule has 0 spiro atoms. The molecule has 144 valence electrons. The normalized spacial score (nSPS) is 17.2. The molecule has 1 aliphatic heterocycles. The van der Waals surface area contributed by atoms with E-state index in [4.69, 9.17) is 0 Å². The number of fused-ring (bicyclic) bond motifs is 1. The highest BCUT2D eigenvalue weighted by molar-refractivity contribution is 7.89. The molecular formula is C17H23N7O2S. The Labute approximate surface area is 158 Å². The Morgan fingerprint density at radius 2 is 1.89 bits per heavy atom. The molecule has 1 fully saturated rings. The Hall–Kier alpha value is -2.33. The molecule has 0 aliphatic carbocycles. The predicted octanol–water partition coefficient (Wildman–Crippen LogP) is 1.78. The van der Waals surface area contributed by atoms with Gasteiger partial charge in [-0.2, -0.15) is 13.9 Å². The van der Waals surface area contributed by atoms with Gasteiger partial charge in [0.2, 0.25) is 0 Å². The molecule has 0 bridgehead atoms. The number of hydrogen-bond donors (Lipinski definition) is 0. The van der Waals surface area contributed by atoms with Gasteiger partial charge < -0.3 is 4.57 Å². The SMILES string of the molecule is Cc1ccc2nnc(C3CCN(S(=O)(=O)c4cn(C(C)C)cn4)CC3)n2n1. The number of imidazole rings is 1. The van der Waals surface area contributed by atoms with E-state index in [2.05, 4.69) is 20.3 Å². The minimum Gasteiger partial charge on any atom is -0.334 e. The maximum atomic E-state index is 12.9. The van der Waals surface area contributed by atoms with E-state index in [0.717, 1.165) is 11.5 Å². The van der Waals surface area contributed by atoms with E-state index in [0.29, 0.717) is 31.6 Å². The van der Waals surface area contributed by atoms with E-state index in [1.807, 2.05) is 32.9 Å². The number of hydrogen-bond acceptors (Lipinski definition) is 6. The van der Waals surface area contributed by atoms with E-state index in [9.17, 15) is 8.42 Å². The van der Waals surface area contributed by atoms with Crippen molar-refractivity contribution in [3.8, 4) is 0 Å². The topological polar surface area (TPSA) is 98.3 Å². The lowest BCUT2D eigenvalue weighted by molar-refractivity contribution is 0.310. The van der Waals surface area contributed by atoms with E-state index >= 15 is 0 Å². The maximum absolute atomic E-state index is 12.9. The summed E-state index contributed by atoms with van der Waals surface area (Å²) < 4.78 is 30.8. The summed E-state index contributed by atoms with van der Waals surface area (Å²) >= 11 is 0. The number of piperidine rings is 1. The zero-order valence-electron chi connectivity index (χ0n) is 15.6. The van der Waals surface area contributed by atoms with Gasteiger partial charge in [0.1, 0.15) is 0 Å². The molecule has 1 saturated heterocycles. The van der Waals surface area contributed by atoms with Gasteiger partial charge in [-0.05, 0) is 45.7 Å². The first-order valence-corrected chi connectivity index (χ1v) is 10.5. The lowest BCUT2D eigenvalue weighted by Crippen LogP contribution is -2.38. The van der Waals surface area contributed by atoms with Crippen LogP contribution in [0.1, 0.15) is 50.2 Å². The zero-order chi connectivity index (χ0) is 19.2. The van der Waals surface area contributed by atoms with Crippen LogP contribution in [-0.2, 0) is 10.0 Å². The highest BCUT2D eigenvalue weighted by Crippen LogP contribution is 2.29. The Morgan fingerprint density at radius 3 is 2.56 bits per heavy atom. The minimum atomic E-state index is -3.57. The largest absolute Gasteiger partial charge is 0.334 e. The van der Waals surface area contributed by atoms with Crippen LogP contribution in [0.4, 0.5) is 0 Å². The third-order valence-electron chi connectivity index (χ3n) is 5.02. The lowest BCUT2D eigenvalue weighted by Gasteiger charge is -2.29. The van der Waals surface area contributed by atoms with E-state index in [1.54, 1.807) is 21.6 Å². The number of aromatic nitrogens is 6. The average molecular weight is 389 g/mol. The van der Waals surface area contributed by atoms with Gasteiger partial charge in [0.25, 0.3) is 10.0 Å². The number of sulfonamides is 1. The van der Waals surface area contributed by atoms with Crippen LogP contribution in [0.15, 0.2) is 29.7 Å². The summed E-state index contributed by atoms with van der Waals surface area (Å²) in [7, 11) is -3.57. The zero-order valence-corrected chi connectivity index (χ0v) is 16.5. The van der Waals surface area contributed by atoms with Crippen molar-refractivity contribution >= 4 is 15.7 Å². The minimum absolute atomic E-state index is 0.111. The van der Waals surface area contributed by atoms with Crippen LogP contribution >= 0.6 is 0 Å². The average Bonchev–Trinajstić information content (AvgIpc) is 3.29. The monoisotopic (exact) mass is 389 g/mol. The van der Waals surface area contributed by atoms with Crippen LogP contribution < -0.4 is 0 Å². The quantitative estimate of drug-likeness (QED) is 0.674. The van der Waals surface area contributed by atoms with Gasteiger partial charge in [0, 0.05) is 31.2 Å². The Morgan fingerprint density at radius 1 is 1.15 bits per heavy atom. The second-order valence-electron chi connectivity index (χ2n) is 7.23. The fraction of sp³-hybridized carbons (Fsp3) is 0.529. The second-order valence-corrected chi connectivity index (χ2v) is 9.12. The van der Waals surface area contributed by atoms with Gasteiger partial charge in [-0.1, -0.05) is 0 Å². The summed E-state index contributed by atoms with van der Waals surface area (Å²) in [6.07, 6.45) is 4.53. The fourth-order valence-corrected chi connectivity index (χ4v) is 4.76. The Balaban J connectivity index is 1.51. The van der Waals surface area contributed by atoms with Gasteiger partial charge in [0.05, 0.1) is 12.0 Å². The maximum Gasteiger partial charge on any atom is 0.262 e. The summed E-state index contributed by atoms with van der Waals surface area (Å²) in [6, 6.07) is 3.97. The molecule has 4 rings (SSSR count). The Kier molecular flexibility index (Phi) is 4.47. The van der Waals surface area contributed by atoms with Crippen molar-refractivity contribution in [1.82, 2.24) is 33.7 Å². The molecule has 0 aromatic carbocycles. The standard InChI is InChI=1S/C17H23N7O2S/c1-12(2)22-10-16(18-11-22)27(25,26)23-8-6-14(7-9-23)17-20-19-15-5-4-13(3)21-24(15)17/h4-5,10-12,14H,6-9H2,1-3H3. The number of rotatable bonds is 4. The fourth-order valence-electron chi connectivity index (χ4n) is 3.37. The molecule has 0 amide bonds. The van der Waals surface area contributed by atoms with Crippen molar-refractivity contribution in [2.45, 2.75) is 50.6 Å². The van der Waals surface area contributed by atoms with Gasteiger partial charge in [-0.25, -0.2) is 13.4 Å². The first-order chi connectivity index (χ1) is 12.9. The van der Waals surface area contributed by atoms with E-state index in [1.165, 1.54) is 4.31 Å². The van der Waals surface area contributed by atoms with Crippen molar-refractivity contribution in [3.63, 3.8) is 0 Å². The molecule has 9 nitrogen and oxygen atoms in total. The lowest BCUT2D eigenvalue weighted by atomic mass is 9.97. The summed E-state index contributed by atoms with van der Waals surface area (Å²) in [5, 5.41) is 13.1. The molecule has 0 radical (unpaired) electrons. The summed E-state index contributed by atoms with van der Waals surface area (Å²) in [4.78, 5) is 4.10. The highest BCUT2D eigenvalue weighted by atomic mass is 32.2. The van der Waals surface area contributed by atoms with Crippen LogP contribution in [-0.4, -0.2) is 55.2 Å². The van der Waals surface area contributed by atoms with Gasteiger partial charge in [-0.15, -0.1) is 10.2 Å². The number of aryl methyl sites for hydroxylation is 1. The second kappa shape index (κ2) is 6.68. The van der Waals surface area contributed by atoms with E-state index < -0.39 is 10.0 Å². The van der Waals surface area contributed by atoms with Crippen molar-refractivity contribution in [3.05, 3.63) is 36.2 Å². The molecule has 3 aromatic heterocycles. The van der Waals surface area contributed by atoms with Crippen LogP contribution in [0.5, 0.6) is 0 Å². The summed E-state index contributed by atoms with van der Waals surface area (Å²) in [5.74, 6) is 0.934. The van der Waals surface area contributed by atoms with Crippen LogP contribution in [0, 0.1) is 6.92 Å². The molecule has 3 aromatic rings. The van der Waals surface area contributed by atoms with Crippen LogP contribution in [0.2, 0.25) is 0 Å². The van der Waals surface area contributed by atoms with Crippen molar-refractivity contribution in [2.24, 2.45) is 0 Å². The third kappa shape index (κ3) is 3.23. The highest BCUT2D eigenvalue weighted by Gasteiger charge is 2.33. The first-order valence-electron chi connectivity index (χ1n) is 9.09. The summed E-state index contributed by atoms with van der Waals surface area (Å²) in [6.45, 7) is 6.77. The van der Waals surface area contributed by atoms with Gasteiger partial charge in [0.15, 0.2) is 16.5 Å². The smallest absolute Gasteiger partial charge is 0.262 e. The van der Waals surface area contributed by atoms with Crippen molar-refractivity contribution in [1.29, 1.82) is 0 Å². The molecular weight excluding hydrogens is 366 g/mol. The molecule has 0 N–H and O–H groups in total. The molecule has 1 aliphatic rings. The van der Waals surface area contributed by atoms with Crippen LogP contribution in [0.3, 0.4) is 0 Å². The van der Waals surface area contributed by atoms with Crippen molar-refractivity contribution < 1.29 is 8.42 Å². The van der Waals surface area contributed by atoms with Crippen LogP contribution in [0.25, 0.3) is 5.65 Å². The molecule has 0 atom stereocenters. The van der Waals surface area contributed by atoms with Gasteiger partial charge >= 0.3 is 0 Å². The molecule has 27 heavy (non-hydrogen) atoms. The molecule has 0 saturated carbocycles. The third-order valence-corrected chi connectivity index (χ3v) is 6.80. The first kappa shape index (κ1) is 18.1. The Bertz CT molecular complexity index is 1060. The summed E-state index contributed by atoms with van der Waals surface area (Å²) in [5.41, 5.74) is 1.61. The van der Waals surface area contributed by atoms with Crippen molar-refractivity contribution in [2.75, 3.05) is 13.1 Å².